The molecule has 3 heteroatoms. The lowest BCUT2D eigenvalue weighted by molar-refractivity contribution is -0.136. The summed E-state index contributed by atoms with van der Waals surface area (Å²) in [5.74, 6) is 0.170. The second-order valence-electron chi connectivity index (χ2n) is 3.98. The summed E-state index contributed by atoms with van der Waals surface area (Å²) in [6.45, 7) is 6.50. The van der Waals surface area contributed by atoms with Crippen LogP contribution in [-0.2, 0) is 4.79 Å². The molecule has 0 aromatic rings. The predicted octanol–water partition coefficient (Wildman–Crippen LogP) is 2.52. The Bertz CT molecular complexity index is 238. The van der Waals surface area contributed by atoms with Crippen molar-refractivity contribution in [2.45, 2.75) is 20.8 Å². The Balaban J connectivity index is 0.00000144. The standard InChI is InChI=1S/C10H15NO.BrH/c1-10(2,3)9(12)11-7-5-4-6-8-11;/h4-7H,8H2,1-3H3;1H. The molecule has 0 fully saturated rings. The van der Waals surface area contributed by atoms with Crippen molar-refractivity contribution in [3.63, 3.8) is 0 Å². The zero-order valence-corrected chi connectivity index (χ0v) is 9.99. The van der Waals surface area contributed by atoms with E-state index in [-0.39, 0.29) is 28.3 Å². The number of halogens is 1. The van der Waals surface area contributed by atoms with Crippen LogP contribution in [0.25, 0.3) is 0 Å². The third-order valence-corrected chi connectivity index (χ3v) is 1.72. The number of carbonyl (C=O) groups is 1. The molecule has 0 N–H and O–H groups in total. The van der Waals surface area contributed by atoms with Gasteiger partial charge in [0.1, 0.15) is 0 Å². The molecule has 1 heterocycles. The Morgan fingerprint density at radius 1 is 1.31 bits per heavy atom. The van der Waals surface area contributed by atoms with Crippen molar-refractivity contribution in [1.29, 1.82) is 0 Å². The van der Waals surface area contributed by atoms with Crippen LogP contribution < -0.4 is 0 Å². The molecule has 2 nitrogen and oxygen atoms in total. The van der Waals surface area contributed by atoms with E-state index in [9.17, 15) is 4.79 Å². The number of carbonyl (C=O) groups excluding carboxylic acids is 1. The summed E-state index contributed by atoms with van der Waals surface area (Å²) in [5, 5.41) is 0. The molecule has 0 aromatic heterocycles. The van der Waals surface area contributed by atoms with Crippen molar-refractivity contribution in [1.82, 2.24) is 4.90 Å². The molecule has 0 saturated carbocycles. The SMILES string of the molecule is Br.CC(C)(C)C(=O)N1C=CC=CC1. The summed E-state index contributed by atoms with van der Waals surface area (Å²) in [4.78, 5) is 13.4. The summed E-state index contributed by atoms with van der Waals surface area (Å²) in [6.07, 6.45) is 7.64. The van der Waals surface area contributed by atoms with E-state index in [1.165, 1.54) is 0 Å². The van der Waals surface area contributed by atoms with Gasteiger partial charge in [0.15, 0.2) is 0 Å². The van der Waals surface area contributed by atoms with Crippen LogP contribution in [0, 0.1) is 5.41 Å². The van der Waals surface area contributed by atoms with Crippen molar-refractivity contribution < 1.29 is 4.79 Å². The van der Waals surface area contributed by atoms with Crippen LogP contribution in [0.15, 0.2) is 24.4 Å². The van der Waals surface area contributed by atoms with E-state index >= 15 is 0 Å². The van der Waals surface area contributed by atoms with Gasteiger partial charge in [-0.2, -0.15) is 0 Å². The van der Waals surface area contributed by atoms with E-state index in [0.717, 1.165) is 0 Å². The highest BCUT2D eigenvalue weighted by Gasteiger charge is 2.25. The van der Waals surface area contributed by atoms with Crippen LogP contribution in [-0.4, -0.2) is 17.4 Å². The molecule has 0 aliphatic carbocycles. The van der Waals surface area contributed by atoms with Gasteiger partial charge in [-0.15, -0.1) is 17.0 Å². The molecule has 0 atom stereocenters. The van der Waals surface area contributed by atoms with E-state index in [1.54, 1.807) is 4.90 Å². The van der Waals surface area contributed by atoms with Crippen LogP contribution in [0.1, 0.15) is 20.8 Å². The average Bonchev–Trinajstić information content (AvgIpc) is 2.03. The van der Waals surface area contributed by atoms with Crippen molar-refractivity contribution >= 4 is 22.9 Å². The fourth-order valence-corrected chi connectivity index (χ4v) is 1.05. The van der Waals surface area contributed by atoms with Gasteiger partial charge in [0, 0.05) is 18.2 Å². The second kappa shape index (κ2) is 4.61. The molecule has 0 saturated heterocycles. The molecule has 0 bridgehead atoms. The summed E-state index contributed by atoms with van der Waals surface area (Å²) in [7, 11) is 0. The summed E-state index contributed by atoms with van der Waals surface area (Å²) >= 11 is 0. The van der Waals surface area contributed by atoms with Gasteiger partial charge in [-0.05, 0) is 6.08 Å². The Morgan fingerprint density at radius 2 is 1.92 bits per heavy atom. The van der Waals surface area contributed by atoms with E-state index < -0.39 is 0 Å². The average molecular weight is 246 g/mol. The molecular weight excluding hydrogens is 230 g/mol. The zero-order chi connectivity index (χ0) is 9.19. The van der Waals surface area contributed by atoms with Crippen LogP contribution in [0.5, 0.6) is 0 Å². The first-order valence-corrected chi connectivity index (χ1v) is 4.16. The topological polar surface area (TPSA) is 20.3 Å². The number of rotatable bonds is 0. The van der Waals surface area contributed by atoms with Gasteiger partial charge in [-0.1, -0.05) is 32.9 Å². The van der Waals surface area contributed by atoms with Crippen molar-refractivity contribution in [3.8, 4) is 0 Å². The molecule has 0 aromatic carbocycles. The summed E-state index contributed by atoms with van der Waals surface area (Å²) in [5.41, 5.74) is -0.282. The van der Waals surface area contributed by atoms with Crippen molar-refractivity contribution in [3.05, 3.63) is 24.4 Å². The normalized spacial score (nSPS) is 15.5. The van der Waals surface area contributed by atoms with Gasteiger partial charge in [0.25, 0.3) is 0 Å². The van der Waals surface area contributed by atoms with Crippen molar-refractivity contribution in [2.75, 3.05) is 6.54 Å². The van der Waals surface area contributed by atoms with E-state index in [4.69, 9.17) is 0 Å². The second-order valence-corrected chi connectivity index (χ2v) is 3.98. The molecule has 1 amide bonds. The first-order valence-electron chi connectivity index (χ1n) is 4.16. The van der Waals surface area contributed by atoms with Crippen LogP contribution in [0.4, 0.5) is 0 Å². The predicted molar refractivity (Wildman–Crippen MR) is 59.8 cm³/mol. The third kappa shape index (κ3) is 3.35. The first kappa shape index (κ1) is 12.4. The van der Waals surface area contributed by atoms with Gasteiger partial charge in [-0.3, -0.25) is 4.79 Å². The lowest BCUT2D eigenvalue weighted by Crippen LogP contribution is -2.36. The number of allylic oxidation sites excluding steroid dienone is 2. The smallest absolute Gasteiger partial charge is 0.232 e. The minimum absolute atomic E-state index is 0. The molecule has 74 valence electrons. The zero-order valence-electron chi connectivity index (χ0n) is 8.28. The minimum Gasteiger partial charge on any atom is -0.315 e. The highest BCUT2D eigenvalue weighted by atomic mass is 79.9. The highest BCUT2D eigenvalue weighted by molar-refractivity contribution is 8.93. The molecule has 1 aliphatic rings. The van der Waals surface area contributed by atoms with Gasteiger partial charge >= 0.3 is 0 Å². The number of amides is 1. The van der Waals surface area contributed by atoms with E-state index in [1.807, 2.05) is 45.2 Å². The maximum atomic E-state index is 11.7. The lowest BCUT2D eigenvalue weighted by atomic mass is 9.94. The Labute approximate surface area is 90.1 Å². The molecule has 0 radical (unpaired) electrons. The summed E-state index contributed by atoms with van der Waals surface area (Å²) < 4.78 is 0. The fourth-order valence-electron chi connectivity index (χ4n) is 1.05. The Kier molecular flexibility index (Phi) is 4.40. The maximum Gasteiger partial charge on any atom is 0.232 e. The number of nitrogens with zero attached hydrogens (tertiary/aromatic N) is 1. The summed E-state index contributed by atoms with van der Waals surface area (Å²) in [6, 6.07) is 0. The molecule has 1 aliphatic heterocycles. The van der Waals surface area contributed by atoms with E-state index in [2.05, 4.69) is 0 Å². The molecule has 0 spiro atoms. The minimum atomic E-state index is -0.282. The number of hydrogen-bond donors (Lipinski definition) is 0. The largest absolute Gasteiger partial charge is 0.315 e. The molecule has 1 rings (SSSR count). The Hall–Kier alpha value is -0.570. The number of hydrogen-bond acceptors (Lipinski definition) is 1. The fraction of sp³-hybridized carbons (Fsp3) is 0.500. The van der Waals surface area contributed by atoms with Gasteiger partial charge in [0.2, 0.25) is 5.91 Å². The third-order valence-electron chi connectivity index (χ3n) is 1.72. The molecule has 0 unspecified atom stereocenters. The highest BCUT2D eigenvalue weighted by Crippen LogP contribution is 2.18. The van der Waals surface area contributed by atoms with Gasteiger partial charge in [-0.25, -0.2) is 0 Å². The van der Waals surface area contributed by atoms with Crippen LogP contribution in [0.2, 0.25) is 0 Å². The Morgan fingerprint density at radius 3 is 2.31 bits per heavy atom. The quantitative estimate of drug-likeness (QED) is 0.643. The maximum absolute atomic E-state index is 11.7. The van der Waals surface area contributed by atoms with Gasteiger partial charge < -0.3 is 4.90 Å². The van der Waals surface area contributed by atoms with Gasteiger partial charge in [0.05, 0.1) is 0 Å². The van der Waals surface area contributed by atoms with E-state index in [0.29, 0.717) is 6.54 Å². The van der Waals surface area contributed by atoms with Crippen LogP contribution >= 0.6 is 17.0 Å². The van der Waals surface area contributed by atoms with Crippen molar-refractivity contribution in [2.24, 2.45) is 5.41 Å². The molecule has 13 heavy (non-hydrogen) atoms. The molecular formula is C10H16BrNO. The first-order chi connectivity index (χ1) is 5.52. The monoisotopic (exact) mass is 245 g/mol. The van der Waals surface area contributed by atoms with Crippen LogP contribution in [0.3, 0.4) is 0 Å². The lowest BCUT2D eigenvalue weighted by Gasteiger charge is -2.26.